The van der Waals surface area contributed by atoms with Gasteiger partial charge in [-0.25, -0.2) is 0 Å². The van der Waals surface area contributed by atoms with E-state index in [1.165, 1.54) is 0 Å². The maximum atomic E-state index is 12.4. The van der Waals surface area contributed by atoms with Crippen molar-refractivity contribution in [3.63, 3.8) is 0 Å². The zero-order valence-corrected chi connectivity index (χ0v) is 10.3. The van der Waals surface area contributed by atoms with E-state index in [0.29, 0.717) is 12.5 Å². The Bertz CT molecular complexity index is 550. The van der Waals surface area contributed by atoms with E-state index < -0.39 is 12.6 Å². The number of hydrogen-bond donors (Lipinski definition) is 1. The highest BCUT2D eigenvalue weighted by atomic mass is 19.4. The molecule has 0 spiro atoms. The molecule has 1 N–H and O–H groups in total. The first kappa shape index (κ1) is 12.7. The Balaban J connectivity index is 2.01. The van der Waals surface area contributed by atoms with E-state index in [2.05, 4.69) is 5.32 Å². The lowest BCUT2D eigenvalue weighted by Gasteiger charge is -2.37. The van der Waals surface area contributed by atoms with Crippen LogP contribution in [-0.2, 0) is 13.0 Å². The van der Waals surface area contributed by atoms with Crippen LogP contribution in [0.1, 0.15) is 23.6 Å². The van der Waals surface area contributed by atoms with Crippen molar-refractivity contribution >= 4 is 0 Å². The molecule has 0 radical (unpaired) electrons. The number of rotatable bonds is 1. The van der Waals surface area contributed by atoms with Crippen molar-refractivity contribution in [1.82, 2.24) is 9.88 Å². The molecule has 0 aliphatic carbocycles. The average molecular weight is 272 g/mol. The molecule has 1 aromatic rings. The van der Waals surface area contributed by atoms with Gasteiger partial charge >= 0.3 is 6.18 Å². The van der Waals surface area contributed by atoms with E-state index in [4.69, 9.17) is 0 Å². The third kappa shape index (κ3) is 2.54. The lowest BCUT2D eigenvalue weighted by molar-refractivity contribution is -0.127. The van der Waals surface area contributed by atoms with E-state index in [1.54, 1.807) is 10.6 Å². The summed E-state index contributed by atoms with van der Waals surface area (Å²) < 4.78 is 39.0. The van der Waals surface area contributed by atoms with E-state index in [9.17, 15) is 18.0 Å². The molecule has 0 saturated carbocycles. The number of halogens is 3. The van der Waals surface area contributed by atoms with Crippen molar-refractivity contribution in [1.29, 1.82) is 0 Å². The first-order valence-corrected chi connectivity index (χ1v) is 6.43. The second-order valence-corrected chi connectivity index (χ2v) is 5.49. The van der Waals surface area contributed by atoms with Crippen LogP contribution in [0.25, 0.3) is 0 Å². The molecule has 2 aliphatic rings. The quantitative estimate of drug-likeness (QED) is 0.843. The van der Waals surface area contributed by atoms with Crippen LogP contribution < -0.4 is 10.9 Å². The molecule has 1 fully saturated rings. The first-order valence-electron chi connectivity index (χ1n) is 6.43. The number of fused-ring (bicyclic) bond motifs is 4. The summed E-state index contributed by atoms with van der Waals surface area (Å²) in [6.07, 6.45) is -4.34. The fourth-order valence-corrected chi connectivity index (χ4v) is 3.19. The summed E-state index contributed by atoms with van der Waals surface area (Å²) in [4.78, 5) is 12.0. The molecule has 0 aromatic carbocycles. The summed E-state index contributed by atoms with van der Waals surface area (Å²) in [5.74, 6) is 0.575. The van der Waals surface area contributed by atoms with E-state index >= 15 is 0 Å². The zero-order chi connectivity index (χ0) is 13.6. The molecule has 0 unspecified atom stereocenters. The standard InChI is InChI=1S/C13H15F3N2O/c14-13(15,16)4-8-2-11-10-1-9(5-17-6-10)7-18(11)12(19)3-8/h2-3,9-10,17H,1,4-7H2/t9-,10+/m0/s1. The van der Waals surface area contributed by atoms with Gasteiger partial charge in [0.05, 0.1) is 6.42 Å². The van der Waals surface area contributed by atoms with Gasteiger partial charge in [-0.05, 0) is 30.5 Å². The monoisotopic (exact) mass is 272 g/mol. The highest BCUT2D eigenvalue weighted by Crippen LogP contribution is 2.32. The van der Waals surface area contributed by atoms with Crippen molar-refractivity contribution < 1.29 is 13.2 Å². The van der Waals surface area contributed by atoms with Crippen LogP contribution >= 0.6 is 0 Å². The predicted molar refractivity (Wildman–Crippen MR) is 64.2 cm³/mol. The van der Waals surface area contributed by atoms with Gasteiger partial charge in [0.2, 0.25) is 0 Å². The topological polar surface area (TPSA) is 34.0 Å². The Labute approximate surface area is 108 Å². The number of piperidine rings is 1. The molecular weight excluding hydrogens is 257 g/mol. The summed E-state index contributed by atoms with van der Waals surface area (Å²) in [5, 5.41) is 3.28. The van der Waals surface area contributed by atoms with Crippen LogP contribution in [0.5, 0.6) is 0 Å². The third-order valence-corrected chi connectivity index (χ3v) is 3.93. The molecule has 19 heavy (non-hydrogen) atoms. The number of aromatic nitrogens is 1. The van der Waals surface area contributed by atoms with Gasteiger partial charge < -0.3 is 9.88 Å². The summed E-state index contributed by atoms with van der Waals surface area (Å²) in [5.41, 5.74) is 0.538. The molecule has 3 rings (SSSR count). The molecule has 6 heteroatoms. The SMILES string of the molecule is O=c1cc(CC(F)(F)F)cc2n1C[C@@H]1CNC[C@H]2C1. The predicted octanol–water partition coefficient (Wildman–Crippen LogP) is 1.66. The summed E-state index contributed by atoms with van der Waals surface area (Å²) in [7, 11) is 0. The molecule has 2 aliphatic heterocycles. The Morgan fingerprint density at radius 2 is 2.11 bits per heavy atom. The molecule has 2 bridgehead atoms. The number of nitrogens with one attached hydrogen (secondary N) is 1. The Hall–Kier alpha value is -1.30. The van der Waals surface area contributed by atoms with Gasteiger partial charge in [-0.3, -0.25) is 4.79 Å². The van der Waals surface area contributed by atoms with Crippen molar-refractivity contribution in [2.75, 3.05) is 13.1 Å². The number of hydrogen-bond acceptors (Lipinski definition) is 2. The first-order chi connectivity index (χ1) is 8.92. The normalized spacial score (nSPS) is 26.1. The van der Waals surface area contributed by atoms with Gasteiger partial charge in [0.25, 0.3) is 5.56 Å². The second kappa shape index (κ2) is 4.37. The minimum absolute atomic E-state index is 0.0766. The van der Waals surface area contributed by atoms with E-state index in [1.807, 2.05) is 0 Å². The molecule has 1 saturated heterocycles. The highest BCUT2D eigenvalue weighted by Gasteiger charge is 2.33. The zero-order valence-electron chi connectivity index (χ0n) is 10.3. The summed E-state index contributed by atoms with van der Waals surface area (Å²) >= 11 is 0. The van der Waals surface area contributed by atoms with Crippen molar-refractivity contribution in [2.45, 2.75) is 31.5 Å². The number of pyridine rings is 1. The number of alkyl halides is 3. The van der Waals surface area contributed by atoms with Crippen LogP contribution in [0.2, 0.25) is 0 Å². The van der Waals surface area contributed by atoms with Crippen LogP contribution in [0, 0.1) is 5.92 Å². The highest BCUT2D eigenvalue weighted by molar-refractivity contribution is 5.24. The van der Waals surface area contributed by atoms with Crippen molar-refractivity contribution in [3.8, 4) is 0 Å². The van der Waals surface area contributed by atoms with Crippen LogP contribution in [0.3, 0.4) is 0 Å². The molecule has 3 heterocycles. The third-order valence-electron chi connectivity index (χ3n) is 3.93. The van der Waals surface area contributed by atoms with Gasteiger partial charge in [-0.15, -0.1) is 0 Å². The maximum Gasteiger partial charge on any atom is 0.393 e. The Morgan fingerprint density at radius 3 is 2.84 bits per heavy atom. The Morgan fingerprint density at radius 1 is 1.32 bits per heavy atom. The van der Waals surface area contributed by atoms with Gasteiger partial charge in [0.15, 0.2) is 0 Å². The van der Waals surface area contributed by atoms with Crippen LogP contribution in [0.15, 0.2) is 16.9 Å². The molecule has 3 nitrogen and oxygen atoms in total. The molecule has 2 atom stereocenters. The fourth-order valence-electron chi connectivity index (χ4n) is 3.19. The molecule has 1 aromatic heterocycles. The lowest BCUT2D eigenvalue weighted by atomic mass is 9.83. The van der Waals surface area contributed by atoms with Gasteiger partial charge in [0, 0.05) is 30.8 Å². The summed E-state index contributed by atoms with van der Waals surface area (Å²) in [6.45, 7) is 2.24. The van der Waals surface area contributed by atoms with Crippen molar-refractivity contribution in [2.24, 2.45) is 5.92 Å². The summed E-state index contributed by atoms with van der Waals surface area (Å²) in [6, 6.07) is 2.69. The van der Waals surface area contributed by atoms with Gasteiger partial charge in [-0.1, -0.05) is 0 Å². The maximum absolute atomic E-state index is 12.4. The lowest BCUT2D eigenvalue weighted by Crippen LogP contribution is -2.45. The van der Waals surface area contributed by atoms with E-state index in [0.717, 1.165) is 31.3 Å². The van der Waals surface area contributed by atoms with Gasteiger partial charge in [0.1, 0.15) is 0 Å². The van der Waals surface area contributed by atoms with Crippen molar-refractivity contribution in [3.05, 3.63) is 33.7 Å². The average Bonchev–Trinajstić information content (AvgIpc) is 2.29. The van der Waals surface area contributed by atoms with Crippen LogP contribution in [-0.4, -0.2) is 23.8 Å². The number of nitrogens with zero attached hydrogens (tertiary/aromatic N) is 1. The van der Waals surface area contributed by atoms with Gasteiger partial charge in [-0.2, -0.15) is 13.2 Å². The smallest absolute Gasteiger partial charge is 0.316 e. The molecule has 0 amide bonds. The second-order valence-electron chi connectivity index (χ2n) is 5.49. The molecular formula is C13H15F3N2O. The fraction of sp³-hybridized carbons (Fsp3) is 0.615. The minimum Gasteiger partial charge on any atom is -0.316 e. The minimum atomic E-state index is -4.27. The molecule has 104 valence electrons. The van der Waals surface area contributed by atoms with Crippen LogP contribution in [0.4, 0.5) is 13.2 Å². The van der Waals surface area contributed by atoms with E-state index in [-0.39, 0.29) is 17.0 Å². The largest absolute Gasteiger partial charge is 0.393 e. The Kier molecular flexibility index (Phi) is 2.92.